The zero-order valence-corrected chi connectivity index (χ0v) is 13.7. The van der Waals surface area contributed by atoms with Crippen molar-refractivity contribution in [3.63, 3.8) is 0 Å². The molecule has 3 rings (SSSR count). The van der Waals surface area contributed by atoms with Gasteiger partial charge in [0.05, 0.1) is 16.2 Å². The van der Waals surface area contributed by atoms with Crippen LogP contribution in [0.4, 0.5) is 5.69 Å². The third-order valence-electron chi connectivity index (χ3n) is 5.14. The number of fused-ring (bicyclic) bond motifs is 1. The van der Waals surface area contributed by atoms with Gasteiger partial charge in [0.2, 0.25) is 0 Å². The molecule has 1 aromatic carbocycles. The minimum atomic E-state index is -0.371. The van der Waals surface area contributed by atoms with Gasteiger partial charge in [-0.05, 0) is 31.4 Å². The number of rotatable bonds is 5. The molecule has 2 heterocycles. The number of carbonyl (C=O) groups excluding carboxylic acids is 1. The van der Waals surface area contributed by atoms with Gasteiger partial charge in [0, 0.05) is 29.3 Å². The van der Waals surface area contributed by atoms with Crippen molar-refractivity contribution in [1.29, 1.82) is 0 Å². The molecule has 0 fully saturated rings. The molecule has 5 heteroatoms. The Morgan fingerprint density at radius 3 is 2.75 bits per heavy atom. The SMILES string of the molecule is C=C[C@@]1(CC)CCCn2c(C=O)cc(-c3ccccc3[N+](=O)[O-])c21. The molecule has 24 heavy (non-hydrogen) atoms. The van der Waals surface area contributed by atoms with E-state index in [1.807, 2.05) is 10.6 Å². The average molecular weight is 324 g/mol. The zero-order valence-electron chi connectivity index (χ0n) is 13.7. The first kappa shape index (κ1) is 16.2. The molecule has 0 saturated carbocycles. The lowest BCUT2D eigenvalue weighted by Gasteiger charge is -2.36. The first-order valence-electron chi connectivity index (χ1n) is 8.14. The van der Waals surface area contributed by atoms with Crippen LogP contribution in [0.1, 0.15) is 42.4 Å². The summed E-state index contributed by atoms with van der Waals surface area (Å²) >= 11 is 0. The Morgan fingerprint density at radius 2 is 2.12 bits per heavy atom. The minimum absolute atomic E-state index is 0.0583. The highest BCUT2D eigenvalue weighted by Crippen LogP contribution is 2.46. The number of benzene rings is 1. The molecule has 1 atom stereocenters. The lowest BCUT2D eigenvalue weighted by Crippen LogP contribution is -2.32. The summed E-state index contributed by atoms with van der Waals surface area (Å²) in [6.07, 6.45) is 5.50. The number of nitro groups is 1. The van der Waals surface area contributed by atoms with Crippen molar-refractivity contribution in [3.05, 3.63) is 64.5 Å². The largest absolute Gasteiger partial charge is 0.341 e. The van der Waals surface area contributed by atoms with Crippen LogP contribution in [-0.4, -0.2) is 15.8 Å². The van der Waals surface area contributed by atoms with E-state index in [1.165, 1.54) is 6.07 Å². The zero-order chi connectivity index (χ0) is 17.3. The molecule has 2 aromatic rings. The summed E-state index contributed by atoms with van der Waals surface area (Å²) in [6, 6.07) is 8.48. The molecule has 1 aliphatic rings. The normalized spacial score (nSPS) is 19.5. The topological polar surface area (TPSA) is 65.1 Å². The Labute approximate surface area is 140 Å². The van der Waals surface area contributed by atoms with E-state index in [4.69, 9.17) is 0 Å². The lowest BCUT2D eigenvalue weighted by molar-refractivity contribution is -0.384. The summed E-state index contributed by atoms with van der Waals surface area (Å²) in [4.78, 5) is 22.6. The van der Waals surface area contributed by atoms with Crippen molar-refractivity contribution in [1.82, 2.24) is 4.57 Å². The van der Waals surface area contributed by atoms with Crippen LogP contribution in [-0.2, 0) is 12.0 Å². The van der Waals surface area contributed by atoms with Crippen LogP contribution >= 0.6 is 0 Å². The van der Waals surface area contributed by atoms with E-state index in [1.54, 1.807) is 24.3 Å². The maximum atomic E-state index is 11.5. The van der Waals surface area contributed by atoms with Gasteiger partial charge in [-0.2, -0.15) is 0 Å². The van der Waals surface area contributed by atoms with Crippen molar-refractivity contribution in [3.8, 4) is 11.1 Å². The van der Waals surface area contributed by atoms with Crippen molar-refractivity contribution >= 4 is 12.0 Å². The van der Waals surface area contributed by atoms with Gasteiger partial charge in [-0.25, -0.2) is 0 Å². The van der Waals surface area contributed by atoms with E-state index in [0.717, 1.165) is 43.4 Å². The van der Waals surface area contributed by atoms with Crippen LogP contribution in [0.3, 0.4) is 0 Å². The molecule has 0 radical (unpaired) electrons. The number of para-hydroxylation sites is 1. The Bertz CT molecular complexity index is 822. The summed E-state index contributed by atoms with van der Waals surface area (Å²) in [6.45, 7) is 6.86. The first-order chi connectivity index (χ1) is 11.6. The van der Waals surface area contributed by atoms with E-state index in [0.29, 0.717) is 11.3 Å². The number of hydrogen-bond acceptors (Lipinski definition) is 3. The summed E-state index contributed by atoms with van der Waals surface area (Å²) in [5, 5.41) is 11.4. The van der Waals surface area contributed by atoms with Crippen LogP contribution in [0.25, 0.3) is 11.1 Å². The summed E-state index contributed by atoms with van der Waals surface area (Å²) in [7, 11) is 0. The summed E-state index contributed by atoms with van der Waals surface area (Å²) < 4.78 is 2.01. The second-order valence-electron chi connectivity index (χ2n) is 6.19. The van der Waals surface area contributed by atoms with Gasteiger partial charge < -0.3 is 4.57 Å². The molecule has 0 amide bonds. The number of aldehydes is 1. The third-order valence-corrected chi connectivity index (χ3v) is 5.14. The fraction of sp³-hybridized carbons (Fsp3) is 0.316. The smallest absolute Gasteiger partial charge is 0.277 e. The molecule has 0 unspecified atom stereocenters. The van der Waals surface area contributed by atoms with E-state index in [9.17, 15) is 14.9 Å². The molecule has 0 N–H and O–H groups in total. The van der Waals surface area contributed by atoms with Crippen LogP contribution < -0.4 is 0 Å². The second kappa shape index (κ2) is 6.07. The van der Waals surface area contributed by atoms with Gasteiger partial charge >= 0.3 is 0 Å². The third kappa shape index (κ3) is 2.28. The maximum Gasteiger partial charge on any atom is 0.277 e. The highest BCUT2D eigenvalue weighted by molar-refractivity contribution is 5.84. The standard InChI is InChI=1S/C19H20N2O3/c1-3-19(4-2)10-7-11-20-14(13-22)12-16(18(19)20)15-8-5-6-9-17(15)21(23)24/h3,5-6,8-9,12-13H,1,4,7,10-11H2,2H3/t19-/m1/s1. The predicted octanol–water partition coefficient (Wildman–Crippen LogP) is 4.50. The number of allylic oxidation sites excluding steroid dienone is 1. The van der Waals surface area contributed by atoms with Crippen molar-refractivity contribution in [2.45, 2.75) is 38.1 Å². The molecular formula is C19H20N2O3. The van der Waals surface area contributed by atoms with E-state index < -0.39 is 0 Å². The summed E-state index contributed by atoms with van der Waals surface area (Å²) in [5.74, 6) is 0. The van der Waals surface area contributed by atoms with Crippen molar-refractivity contribution < 1.29 is 9.72 Å². The quantitative estimate of drug-likeness (QED) is 0.352. The van der Waals surface area contributed by atoms with Gasteiger partial charge in [-0.3, -0.25) is 14.9 Å². The van der Waals surface area contributed by atoms with E-state index in [2.05, 4.69) is 13.5 Å². The number of carbonyl (C=O) groups is 1. The van der Waals surface area contributed by atoms with Gasteiger partial charge in [0.15, 0.2) is 6.29 Å². The number of aromatic nitrogens is 1. The monoisotopic (exact) mass is 324 g/mol. The highest BCUT2D eigenvalue weighted by atomic mass is 16.6. The van der Waals surface area contributed by atoms with Crippen LogP contribution in [0, 0.1) is 10.1 Å². The number of nitro benzene ring substituents is 1. The van der Waals surface area contributed by atoms with Crippen LogP contribution in [0.2, 0.25) is 0 Å². The maximum absolute atomic E-state index is 11.5. The first-order valence-corrected chi connectivity index (χ1v) is 8.14. The van der Waals surface area contributed by atoms with Crippen molar-refractivity contribution in [2.75, 3.05) is 0 Å². The predicted molar refractivity (Wildman–Crippen MR) is 93.3 cm³/mol. The Hall–Kier alpha value is -2.69. The van der Waals surface area contributed by atoms with Crippen LogP contribution in [0.5, 0.6) is 0 Å². The molecule has 1 aromatic heterocycles. The molecule has 0 aliphatic carbocycles. The minimum Gasteiger partial charge on any atom is -0.341 e. The van der Waals surface area contributed by atoms with Gasteiger partial charge in [0.1, 0.15) is 0 Å². The van der Waals surface area contributed by atoms with Gasteiger partial charge in [-0.1, -0.05) is 25.1 Å². The fourth-order valence-electron chi connectivity index (χ4n) is 3.87. The Kier molecular flexibility index (Phi) is 4.09. The van der Waals surface area contributed by atoms with Gasteiger partial charge in [-0.15, -0.1) is 6.58 Å². The van der Waals surface area contributed by atoms with Crippen LogP contribution in [0.15, 0.2) is 43.0 Å². The number of hydrogen-bond donors (Lipinski definition) is 0. The second-order valence-corrected chi connectivity index (χ2v) is 6.19. The molecule has 0 spiro atoms. The van der Waals surface area contributed by atoms with Gasteiger partial charge in [0.25, 0.3) is 5.69 Å². The molecule has 1 aliphatic heterocycles. The molecular weight excluding hydrogens is 304 g/mol. The van der Waals surface area contributed by atoms with E-state index in [-0.39, 0.29) is 16.0 Å². The molecule has 5 nitrogen and oxygen atoms in total. The van der Waals surface area contributed by atoms with E-state index >= 15 is 0 Å². The Morgan fingerprint density at radius 1 is 1.38 bits per heavy atom. The number of nitrogens with zero attached hydrogens (tertiary/aromatic N) is 2. The Balaban J connectivity index is 2.36. The molecule has 0 bridgehead atoms. The van der Waals surface area contributed by atoms with Crippen molar-refractivity contribution in [2.24, 2.45) is 0 Å². The summed E-state index contributed by atoms with van der Waals surface area (Å²) in [5.41, 5.74) is 2.66. The molecule has 124 valence electrons. The fourth-order valence-corrected chi connectivity index (χ4v) is 3.87. The molecule has 0 saturated heterocycles. The average Bonchev–Trinajstić information content (AvgIpc) is 3.01. The lowest BCUT2D eigenvalue weighted by atomic mass is 9.73. The highest BCUT2D eigenvalue weighted by Gasteiger charge is 2.38.